The number of aldehydes is 1. The molecule has 0 saturated heterocycles. The topological polar surface area (TPSA) is 42.9 Å². The molecule has 0 spiro atoms. The van der Waals surface area contributed by atoms with Gasteiger partial charge in [-0.1, -0.05) is 30.0 Å². The van der Waals surface area contributed by atoms with Crippen molar-refractivity contribution in [3.8, 4) is 23.2 Å². The Balaban J connectivity index is 1.78. The van der Waals surface area contributed by atoms with E-state index in [2.05, 4.69) is 21.8 Å². The molecule has 0 unspecified atom stereocenters. The van der Waals surface area contributed by atoms with Gasteiger partial charge in [-0.3, -0.25) is 14.8 Å². The van der Waals surface area contributed by atoms with E-state index in [0.29, 0.717) is 5.56 Å². The third-order valence-corrected chi connectivity index (χ3v) is 3.34. The van der Waals surface area contributed by atoms with E-state index >= 15 is 0 Å². The molecule has 0 radical (unpaired) electrons. The fraction of sp³-hybridized carbons (Fsp3) is 0.0500. The van der Waals surface area contributed by atoms with E-state index in [0.717, 1.165) is 34.4 Å². The van der Waals surface area contributed by atoms with Gasteiger partial charge in [0.1, 0.15) is 6.29 Å². The van der Waals surface area contributed by atoms with Gasteiger partial charge >= 0.3 is 0 Å². The first-order valence-electron chi connectivity index (χ1n) is 7.21. The molecular formula is C20H14N2O. The lowest BCUT2D eigenvalue weighted by atomic mass is 10.1. The molecule has 2 heterocycles. The number of aryl methyl sites for hydroxylation is 1. The van der Waals surface area contributed by atoms with Crippen LogP contribution in [0.2, 0.25) is 0 Å². The minimum absolute atomic E-state index is 0.646. The summed E-state index contributed by atoms with van der Waals surface area (Å²) in [6, 6.07) is 15.0. The van der Waals surface area contributed by atoms with Gasteiger partial charge in [0.15, 0.2) is 0 Å². The molecule has 0 saturated carbocycles. The number of hydrogen-bond donors (Lipinski definition) is 0. The van der Waals surface area contributed by atoms with Crippen LogP contribution in [0.5, 0.6) is 0 Å². The summed E-state index contributed by atoms with van der Waals surface area (Å²) >= 11 is 0. The van der Waals surface area contributed by atoms with Crippen molar-refractivity contribution in [2.75, 3.05) is 0 Å². The maximum atomic E-state index is 10.6. The summed E-state index contributed by atoms with van der Waals surface area (Å²) in [7, 11) is 0. The Kier molecular flexibility index (Phi) is 4.26. The second kappa shape index (κ2) is 6.67. The fourth-order valence-electron chi connectivity index (χ4n) is 2.03. The molecule has 3 nitrogen and oxygen atoms in total. The summed E-state index contributed by atoms with van der Waals surface area (Å²) in [5.41, 5.74) is 5.13. The van der Waals surface area contributed by atoms with Crippen LogP contribution in [-0.2, 0) is 0 Å². The smallest absolute Gasteiger partial charge is 0.150 e. The standard InChI is InChI=1S/C20H14N2O/c1-15-2-10-19(21-12-15)20-11-9-17(13-22-20)6-3-16-4-7-18(14-23)8-5-16/h2,4-5,7-14H,1H3. The van der Waals surface area contributed by atoms with E-state index in [-0.39, 0.29) is 0 Å². The largest absolute Gasteiger partial charge is 0.298 e. The van der Waals surface area contributed by atoms with E-state index < -0.39 is 0 Å². The van der Waals surface area contributed by atoms with Crippen molar-refractivity contribution in [3.05, 3.63) is 83.2 Å². The third-order valence-electron chi connectivity index (χ3n) is 3.34. The van der Waals surface area contributed by atoms with E-state index in [4.69, 9.17) is 0 Å². The lowest BCUT2D eigenvalue weighted by Crippen LogP contribution is -1.88. The molecule has 110 valence electrons. The third kappa shape index (κ3) is 3.69. The van der Waals surface area contributed by atoms with Crippen LogP contribution in [0.1, 0.15) is 27.0 Å². The molecule has 1 aromatic carbocycles. The van der Waals surface area contributed by atoms with Crippen LogP contribution < -0.4 is 0 Å². The van der Waals surface area contributed by atoms with E-state index in [1.165, 1.54) is 0 Å². The highest BCUT2D eigenvalue weighted by Gasteiger charge is 2.00. The predicted molar refractivity (Wildman–Crippen MR) is 90.0 cm³/mol. The minimum Gasteiger partial charge on any atom is -0.298 e. The quantitative estimate of drug-likeness (QED) is 0.535. The monoisotopic (exact) mass is 298 g/mol. The number of nitrogens with zero attached hydrogens (tertiary/aromatic N) is 2. The highest BCUT2D eigenvalue weighted by Crippen LogP contribution is 2.14. The Labute approximate surface area is 135 Å². The van der Waals surface area contributed by atoms with Crippen LogP contribution >= 0.6 is 0 Å². The van der Waals surface area contributed by atoms with Gasteiger partial charge < -0.3 is 0 Å². The van der Waals surface area contributed by atoms with Crippen molar-refractivity contribution in [2.45, 2.75) is 6.92 Å². The number of carbonyl (C=O) groups excluding carboxylic acids is 1. The summed E-state index contributed by atoms with van der Waals surface area (Å²) < 4.78 is 0. The highest BCUT2D eigenvalue weighted by atomic mass is 16.1. The van der Waals surface area contributed by atoms with Crippen molar-refractivity contribution < 1.29 is 4.79 Å². The SMILES string of the molecule is Cc1ccc(-c2ccc(C#Cc3ccc(C=O)cc3)cn2)nc1. The first kappa shape index (κ1) is 14.7. The van der Waals surface area contributed by atoms with Crippen molar-refractivity contribution in [3.63, 3.8) is 0 Å². The molecule has 3 rings (SSSR count). The zero-order valence-corrected chi connectivity index (χ0v) is 12.7. The van der Waals surface area contributed by atoms with Crippen LogP contribution in [0, 0.1) is 18.8 Å². The molecule has 0 aliphatic heterocycles. The number of rotatable bonds is 2. The normalized spacial score (nSPS) is 9.78. The number of benzene rings is 1. The van der Waals surface area contributed by atoms with Crippen LogP contribution in [0.25, 0.3) is 11.4 Å². The van der Waals surface area contributed by atoms with Gasteiger partial charge in [-0.15, -0.1) is 0 Å². The minimum atomic E-state index is 0.646. The maximum absolute atomic E-state index is 10.6. The fourth-order valence-corrected chi connectivity index (χ4v) is 2.03. The van der Waals surface area contributed by atoms with E-state index in [1.807, 2.05) is 49.5 Å². The van der Waals surface area contributed by atoms with Crippen LogP contribution in [0.4, 0.5) is 0 Å². The van der Waals surface area contributed by atoms with Gasteiger partial charge in [-0.05, 0) is 42.8 Å². The summed E-state index contributed by atoms with van der Waals surface area (Å²) in [6.07, 6.45) is 4.39. The van der Waals surface area contributed by atoms with E-state index in [1.54, 1.807) is 18.3 Å². The van der Waals surface area contributed by atoms with Crippen LogP contribution in [0.3, 0.4) is 0 Å². The second-order valence-electron chi connectivity index (χ2n) is 5.14. The maximum Gasteiger partial charge on any atom is 0.150 e. The number of pyridine rings is 2. The Hall–Kier alpha value is -3.25. The molecule has 0 bridgehead atoms. The zero-order valence-electron chi connectivity index (χ0n) is 12.7. The summed E-state index contributed by atoms with van der Waals surface area (Å²) in [5.74, 6) is 6.12. The number of carbonyl (C=O) groups is 1. The summed E-state index contributed by atoms with van der Waals surface area (Å²) in [5, 5.41) is 0. The van der Waals surface area contributed by atoms with E-state index in [9.17, 15) is 4.79 Å². The molecule has 0 fully saturated rings. The number of aromatic nitrogens is 2. The molecule has 23 heavy (non-hydrogen) atoms. The molecule has 0 aliphatic rings. The molecular weight excluding hydrogens is 284 g/mol. The molecule has 0 atom stereocenters. The van der Waals surface area contributed by atoms with Gasteiger partial charge in [0, 0.05) is 29.1 Å². The van der Waals surface area contributed by atoms with Crippen molar-refractivity contribution >= 4 is 6.29 Å². The summed E-state index contributed by atoms with van der Waals surface area (Å²) in [6.45, 7) is 2.00. The van der Waals surface area contributed by atoms with Gasteiger partial charge in [0.25, 0.3) is 0 Å². The average molecular weight is 298 g/mol. The predicted octanol–water partition coefficient (Wildman–Crippen LogP) is 3.66. The molecule has 0 amide bonds. The molecule has 0 aliphatic carbocycles. The lowest BCUT2D eigenvalue weighted by molar-refractivity contribution is 0.112. The molecule has 0 N–H and O–H groups in total. The Morgan fingerprint density at radius 2 is 1.39 bits per heavy atom. The van der Waals surface area contributed by atoms with Gasteiger partial charge in [0.05, 0.1) is 11.4 Å². The van der Waals surface area contributed by atoms with Crippen molar-refractivity contribution in [1.29, 1.82) is 0 Å². The van der Waals surface area contributed by atoms with Gasteiger partial charge in [-0.25, -0.2) is 0 Å². The second-order valence-corrected chi connectivity index (χ2v) is 5.14. The molecule has 3 aromatic rings. The van der Waals surface area contributed by atoms with Crippen LogP contribution in [0.15, 0.2) is 60.9 Å². The lowest BCUT2D eigenvalue weighted by Gasteiger charge is -2.00. The Morgan fingerprint density at radius 1 is 0.783 bits per heavy atom. The highest BCUT2D eigenvalue weighted by molar-refractivity contribution is 5.74. The molecule has 2 aromatic heterocycles. The molecule has 3 heteroatoms. The number of hydrogen-bond acceptors (Lipinski definition) is 3. The first-order chi connectivity index (χ1) is 11.2. The van der Waals surface area contributed by atoms with Crippen LogP contribution in [-0.4, -0.2) is 16.3 Å². The van der Waals surface area contributed by atoms with Crippen molar-refractivity contribution in [1.82, 2.24) is 9.97 Å². The Morgan fingerprint density at radius 3 is 1.96 bits per heavy atom. The van der Waals surface area contributed by atoms with Gasteiger partial charge in [0.2, 0.25) is 0 Å². The Bertz CT molecular complexity index is 868. The summed E-state index contributed by atoms with van der Waals surface area (Å²) in [4.78, 5) is 19.4. The average Bonchev–Trinajstić information content (AvgIpc) is 2.61. The van der Waals surface area contributed by atoms with Gasteiger partial charge in [-0.2, -0.15) is 0 Å². The first-order valence-corrected chi connectivity index (χ1v) is 7.21. The zero-order chi connectivity index (χ0) is 16.1. The van der Waals surface area contributed by atoms with Crippen molar-refractivity contribution in [2.24, 2.45) is 0 Å².